The van der Waals surface area contributed by atoms with Crippen molar-refractivity contribution >= 4 is 27.0 Å². The molecule has 13 heavy (non-hydrogen) atoms. The van der Waals surface area contributed by atoms with Crippen molar-refractivity contribution in [1.82, 2.24) is 4.98 Å². The lowest BCUT2D eigenvalue weighted by Crippen LogP contribution is -1.81. The molecule has 0 saturated carbocycles. The molecule has 0 amide bonds. The maximum Gasteiger partial charge on any atom is 0.206 e. The molecule has 2 rings (SSSR count). The van der Waals surface area contributed by atoms with Gasteiger partial charge in [0.05, 0.1) is 12.4 Å². The summed E-state index contributed by atoms with van der Waals surface area (Å²) in [5.74, 6) is 1.48. The van der Waals surface area contributed by atoms with Crippen LogP contribution in [0.3, 0.4) is 0 Å². The van der Waals surface area contributed by atoms with Crippen molar-refractivity contribution in [2.75, 3.05) is 7.11 Å². The van der Waals surface area contributed by atoms with Crippen molar-refractivity contribution < 1.29 is 9.15 Å². The summed E-state index contributed by atoms with van der Waals surface area (Å²) in [6.07, 6.45) is 0. The van der Waals surface area contributed by atoms with E-state index < -0.39 is 0 Å². The molecular weight excluding hydrogens is 234 g/mol. The molecule has 0 atom stereocenters. The number of nitrogens with zero attached hydrogens (tertiary/aromatic N) is 1. The van der Waals surface area contributed by atoms with E-state index in [4.69, 9.17) is 9.15 Å². The topological polar surface area (TPSA) is 35.3 Å². The van der Waals surface area contributed by atoms with E-state index in [1.165, 1.54) is 0 Å². The molecule has 0 aliphatic carbocycles. The van der Waals surface area contributed by atoms with Gasteiger partial charge in [0.2, 0.25) is 5.89 Å². The zero-order chi connectivity index (χ0) is 9.26. The van der Waals surface area contributed by atoms with E-state index >= 15 is 0 Å². The lowest BCUT2D eigenvalue weighted by atomic mass is 10.3. The molecule has 0 unspecified atom stereocenters. The molecule has 0 spiro atoms. The van der Waals surface area contributed by atoms with Crippen LogP contribution >= 0.6 is 15.9 Å². The van der Waals surface area contributed by atoms with Crippen molar-refractivity contribution in [2.45, 2.75) is 5.33 Å². The van der Waals surface area contributed by atoms with Crippen molar-refractivity contribution in [2.24, 2.45) is 0 Å². The summed E-state index contributed by atoms with van der Waals surface area (Å²) in [6.45, 7) is 0. The van der Waals surface area contributed by atoms with E-state index in [0.717, 1.165) is 16.8 Å². The minimum Gasteiger partial charge on any atom is -0.497 e. The second kappa shape index (κ2) is 3.38. The van der Waals surface area contributed by atoms with Crippen LogP contribution in [0, 0.1) is 0 Å². The van der Waals surface area contributed by atoms with Crippen LogP contribution in [0.2, 0.25) is 0 Å². The van der Waals surface area contributed by atoms with Gasteiger partial charge in [-0.05, 0) is 12.1 Å². The molecule has 1 aromatic heterocycles. The molecular formula is C9H8BrNO2. The largest absolute Gasteiger partial charge is 0.497 e. The molecule has 0 bridgehead atoms. The highest BCUT2D eigenvalue weighted by Gasteiger charge is 2.04. The van der Waals surface area contributed by atoms with Gasteiger partial charge in [0, 0.05) is 6.07 Å². The lowest BCUT2D eigenvalue weighted by Gasteiger charge is -1.95. The Hall–Kier alpha value is -1.03. The zero-order valence-electron chi connectivity index (χ0n) is 7.08. The van der Waals surface area contributed by atoms with Gasteiger partial charge < -0.3 is 9.15 Å². The summed E-state index contributed by atoms with van der Waals surface area (Å²) in [5, 5.41) is 0.629. The summed E-state index contributed by atoms with van der Waals surface area (Å²) in [4.78, 5) is 4.25. The molecule has 0 aliphatic rings. The fraction of sp³-hybridized carbons (Fsp3) is 0.222. The number of alkyl halides is 1. The van der Waals surface area contributed by atoms with Crippen LogP contribution in [0.4, 0.5) is 0 Å². The number of fused-ring (bicyclic) bond motifs is 1. The Kier molecular flexibility index (Phi) is 2.22. The van der Waals surface area contributed by atoms with Crippen LogP contribution in [0.25, 0.3) is 11.1 Å². The van der Waals surface area contributed by atoms with Gasteiger partial charge in [-0.3, -0.25) is 0 Å². The van der Waals surface area contributed by atoms with Crippen LogP contribution in [-0.4, -0.2) is 12.1 Å². The van der Waals surface area contributed by atoms with E-state index in [1.54, 1.807) is 7.11 Å². The number of aromatic nitrogens is 1. The first kappa shape index (κ1) is 8.56. The minimum absolute atomic E-state index is 0.629. The molecule has 2 aromatic rings. The van der Waals surface area contributed by atoms with Gasteiger partial charge >= 0.3 is 0 Å². The van der Waals surface area contributed by atoms with E-state index in [2.05, 4.69) is 20.9 Å². The number of methoxy groups -OCH3 is 1. The summed E-state index contributed by atoms with van der Waals surface area (Å²) in [6, 6.07) is 5.56. The number of halogens is 1. The fourth-order valence-electron chi connectivity index (χ4n) is 1.14. The monoisotopic (exact) mass is 241 g/mol. The average Bonchev–Trinajstić information content (AvgIpc) is 2.58. The highest BCUT2D eigenvalue weighted by Crippen LogP contribution is 2.21. The normalized spacial score (nSPS) is 10.6. The highest BCUT2D eigenvalue weighted by molar-refractivity contribution is 9.08. The van der Waals surface area contributed by atoms with E-state index in [1.807, 2.05) is 18.2 Å². The second-order valence-corrected chi connectivity index (χ2v) is 3.14. The summed E-state index contributed by atoms with van der Waals surface area (Å²) >= 11 is 3.28. The van der Waals surface area contributed by atoms with Crippen LogP contribution in [0.15, 0.2) is 22.6 Å². The van der Waals surface area contributed by atoms with E-state index in [0.29, 0.717) is 11.2 Å². The first-order valence-electron chi connectivity index (χ1n) is 3.83. The molecule has 0 saturated heterocycles. The first-order chi connectivity index (χ1) is 6.33. The SMILES string of the molecule is COc1ccc2oc(CBr)nc2c1. The molecule has 68 valence electrons. The number of ether oxygens (including phenoxy) is 1. The van der Waals surface area contributed by atoms with Crippen molar-refractivity contribution in [3.05, 3.63) is 24.1 Å². The number of hydrogen-bond donors (Lipinski definition) is 0. The van der Waals surface area contributed by atoms with Crippen molar-refractivity contribution in [3.63, 3.8) is 0 Å². The lowest BCUT2D eigenvalue weighted by molar-refractivity contribution is 0.415. The minimum atomic E-state index is 0.629. The Morgan fingerprint density at radius 3 is 3.08 bits per heavy atom. The molecule has 0 fully saturated rings. The Morgan fingerprint density at radius 2 is 2.38 bits per heavy atom. The highest BCUT2D eigenvalue weighted by atomic mass is 79.9. The number of benzene rings is 1. The smallest absolute Gasteiger partial charge is 0.206 e. The van der Waals surface area contributed by atoms with E-state index in [-0.39, 0.29) is 0 Å². The number of oxazole rings is 1. The maximum atomic E-state index is 5.40. The Morgan fingerprint density at radius 1 is 1.54 bits per heavy atom. The van der Waals surface area contributed by atoms with Gasteiger partial charge in [-0.2, -0.15) is 0 Å². The van der Waals surface area contributed by atoms with Crippen molar-refractivity contribution in [1.29, 1.82) is 0 Å². The Bertz CT molecular complexity index is 422. The third-order valence-corrected chi connectivity index (χ3v) is 2.23. The van der Waals surface area contributed by atoms with Crippen LogP contribution in [0.1, 0.15) is 5.89 Å². The summed E-state index contributed by atoms with van der Waals surface area (Å²) < 4.78 is 10.5. The second-order valence-electron chi connectivity index (χ2n) is 2.57. The third-order valence-electron chi connectivity index (χ3n) is 1.75. The van der Waals surface area contributed by atoms with Gasteiger partial charge in [0.1, 0.15) is 11.3 Å². The zero-order valence-corrected chi connectivity index (χ0v) is 8.67. The number of hydrogen-bond acceptors (Lipinski definition) is 3. The average molecular weight is 242 g/mol. The predicted octanol–water partition coefficient (Wildman–Crippen LogP) is 2.73. The van der Waals surface area contributed by atoms with Gasteiger partial charge in [-0.15, -0.1) is 0 Å². The van der Waals surface area contributed by atoms with Gasteiger partial charge in [0.25, 0.3) is 0 Å². The van der Waals surface area contributed by atoms with Crippen LogP contribution in [-0.2, 0) is 5.33 Å². The van der Waals surface area contributed by atoms with Crippen molar-refractivity contribution in [3.8, 4) is 5.75 Å². The quantitative estimate of drug-likeness (QED) is 0.759. The third kappa shape index (κ3) is 1.54. The molecule has 0 aliphatic heterocycles. The summed E-state index contributed by atoms with van der Waals surface area (Å²) in [7, 11) is 1.63. The Balaban J connectivity index is 2.57. The molecule has 0 N–H and O–H groups in total. The molecule has 1 aromatic carbocycles. The first-order valence-corrected chi connectivity index (χ1v) is 4.95. The molecule has 1 heterocycles. The van der Waals surface area contributed by atoms with Gasteiger partial charge in [-0.1, -0.05) is 15.9 Å². The maximum absolute atomic E-state index is 5.40. The van der Waals surface area contributed by atoms with E-state index in [9.17, 15) is 0 Å². The fourth-order valence-corrected chi connectivity index (χ4v) is 1.38. The summed E-state index contributed by atoms with van der Waals surface area (Å²) in [5.41, 5.74) is 1.61. The molecule has 4 heteroatoms. The van der Waals surface area contributed by atoms with Gasteiger partial charge in [-0.25, -0.2) is 4.98 Å². The van der Waals surface area contributed by atoms with Crippen LogP contribution < -0.4 is 4.74 Å². The Labute approximate surface area is 83.8 Å². The van der Waals surface area contributed by atoms with Gasteiger partial charge in [0.15, 0.2) is 5.58 Å². The number of rotatable bonds is 2. The molecule has 0 radical (unpaired) electrons. The standard InChI is InChI=1S/C9H8BrNO2/c1-12-6-2-3-8-7(4-6)11-9(5-10)13-8/h2-4H,5H2,1H3. The molecule has 3 nitrogen and oxygen atoms in total. The van der Waals surface area contributed by atoms with Crippen LogP contribution in [0.5, 0.6) is 5.75 Å². The predicted molar refractivity (Wildman–Crippen MR) is 53.2 cm³/mol.